The van der Waals surface area contributed by atoms with E-state index in [1.807, 2.05) is 6.92 Å². The van der Waals surface area contributed by atoms with Crippen molar-refractivity contribution in [3.05, 3.63) is 0 Å². The molecule has 1 unspecified atom stereocenters. The SMILES string of the molecule is CC1(C(=O)NC2(CO)CC2)CCCCN1. The van der Waals surface area contributed by atoms with Crippen molar-refractivity contribution in [2.24, 2.45) is 0 Å². The second kappa shape index (κ2) is 3.76. The molecular weight excluding hydrogens is 192 g/mol. The molecule has 2 fully saturated rings. The van der Waals surface area contributed by atoms with E-state index in [4.69, 9.17) is 5.11 Å². The second-order valence-corrected chi connectivity index (χ2v) is 5.11. The Morgan fingerprint density at radius 3 is 2.60 bits per heavy atom. The third-order valence-corrected chi connectivity index (χ3v) is 3.65. The average Bonchev–Trinajstić information content (AvgIpc) is 3.00. The zero-order valence-electron chi connectivity index (χ0n) is 9.31. The summed E-state index contributed by atoms with van der Waals surface area (Å²) in [6, 6.07) is 0. The third-order valence-electron chi connectivity index (χ3n) is 3.65. The number of carbonyl (C=O) groups excluding carboxylic acids is 1. The summed E-state index contributed by atoms with van der Waals surface area (Å²) in [5, 5.41) is 15.4. The third kappa shape index (κ3) is 2.16. The van der Waals surface area contributed by atoms with Gasteiger partial charge in [-0.05, 0) is 45.6 Å². The molecule has 0 radical (unpaired) electrons. The molecule has 1 aliphatic heterocycles. The highest BCUT2D eigenvalue weighted by Crippen LogP contribution is 2.35. The van der Waals surface area contributed by atoms with Gasteiger partial charge in [0.05, 0.1) is 17.7 Å². The van der Waals surface area contributed by atoms with Gasteiger partial charge in [0, 0.05) is 0 Å². The van der Waals surface area contributed by atoms with Crippen molar-refractivity contribution in [1.82, 2.24) is 10.6 Å². The van der Waals surface area contributed by atoms with Crippen molar-refractivity contribution in [3.8, 4) is 0 Å². The van der Waals surface area contributed by atoms with Crippen molar-refractivity contribution in [2.75, 3.05) is 13.2 Å². The van der Waals surface area contributed by atoms with E-state index in [0.717, 1.165) is 38.6 Å². The van der Waals surface area contributed by atoms with Crippen LogP contribution in [0.3, 0.4) is 0 Å². The van der Waals surface area contributed by atoms with E-state index in [9.17, 15) is 4.79 Å². The van der Waals surface area contributed by atoms with E-state index in [0.29, 0.717) is 0 Å². The van der Waals surface area contributed by atoms with E-state index in [1.54, 1.807) is 0 Å². The summed E-state index contributed by atoms with van der Waals surface area (Å²) in [6.07, 6.45) is 4.95. The van der Waals surface area contributed by atoms with Crippen LogP contribution in [0.2, 0.25) is 0 Å². The normalized spacial score (nSPS) is 33.5. The van der Waals surface area contributed by atoms with Crippen LogP contribution in [0, 0.1) is 0 Å². The fourth-order valence-electron chi connectivity index (χ4n) is 2.10. The minimum atomic E-state index is -0.428. The number of aliphatic hydroxyl groups excluding tert-OH is 1. The molecular formula is C11H20N2O2. The van der Waals surface area contributed by atoms with Crippen molar-refractivity contribution in [2.45, 2.75) is 50.1 Å². The maximum absolute atomic E-state index is 12.0. The van der Waals surface area contributed by atoms with Crippen LogP contribution in [0.1, 0.15) is 39.0 Å². The van der Waals surface area contributed by atoms with E-state index < -0.39 is 5.54 Å². The molecule has 0 bridgehead atoms. The first-order chi connectivity index (χ1) is 7.10. The largest absolute Gasteiger partial charge is 0.394 e. The molecule has 15 heavy (non-hydrogen) atoms. The zero-order chi connectivity index (χ0) is 10.9. The molecule has 0 spiro atoms. The number of piperidine rings is 1. The Morgan fingerprint density at radius 2 is 2.13 bits per heavy atom. The Bertz CT molecular complexity index is 255. The van der Waals surface area contributed by atoms with E-state index >= 15 is 0 Å². The predicted octanol–water partition coefficient (Wildman–Crippen LogP) is 0.160. The van der Waals surface area contributed by atoms with Crippen LogP contribution >= 0.6 is 0 Å². The number of carbonyl (C=O) groups is 1. The molecule has 2 aliphatic rings. The summed E-state index contributed by atoms with van der Waals surface area (Å²) in [4.78, 5) is 12.0. The van der Waals surface area contributed by atoms with Gasteiger partial charge in [-0.1, -0.05) is 0 Å². The van der Waals surface area contributed by atoms with Crippen molar-refractivity contribution in [3.63, 3.8) is 0 Å². The van der Waals surface area contributed by atoms with Gasteiger partial charge in [0.25, 0.3) is 0 Å². The lowest BCUT2D eigenvalue weighted by Gasteiger charge is -2.34. The zero-order valence-corrected chi connectivity index (χ0v) is 9.31. The fourth-order valence-corrected chi connectivity index (χ4v) is 2.10. The highest BCUT2D eigenvalue weighted by Gasteiger charge is 2.46. The quantitative estimate of drug-likeness (QED) is 0.624. The first-order valence-corrected chi connectivity index (χ1v) is 5.79. The Morgan fingerprint density at radius 1 is 1.40 bits per heavy atom. The van der Waals surface area contributed by atoms with Gasteiger partial charge in [-0.25, -0.2) is 0 Å². The van der Waals surface area contributed by atoms with Gasteiger partial charge in [-0.15, -0.1) is 0 Å². The molecule has 4 nitrogen and oxygen atoms in total. The molecule has 2 rings (SSSR count). The van der Waals surface area contributed by atoms with Crippen molar-refractivity contribution in [1.29, 1.82) is 0 Å². The monoisotopic (exact) mass is 212 g/mol. The van der Waals surface area contributed by atoms with Crippen molar-refractivity contribution < 1.29 is 9.90 Å². The Balaban J connectivity index is 1.94. The van der Waals surface area contributed by atoms with Crippen LogP contribution in [-0.2, 0) is 4.79 Å². The molecule has 1 amide bonds. The van der Waals surface area contributed by atoms with Crippen LogP contribution in [0.15, 0.2) is 0 Å². The molecule has 3 N–H and O–H groups in total. The number of nitrogens with one attached hydrogen (secondary N) is 2. The molecule has 0 aromatic heterocycles. The summed E-state index contributed by atoms with van der Waals surface area (Å²) in [6.45, 7) is 2.93. The molecule has 1 atom stereocenters. The van der Waals surface area contributed by atoms with E-state index in [-0.39, 0.29) is 18.1 Å². The van der Waals surface area contributed by atoms with Gasteiger partial charge in [0.2, 0.25) is 5.91 Å². The lowest BCUT2D eigenvalue weighted by Crippen LogP contribution is -2.59. The van der Waals surface area contributed by atoms with Gasteiger partial charge in [-0.3, -0.25) is 4.79 Å². The second-order valence-electron chi connectivity index (χ2n) is 5.11. The number of aliphatic hydroxyl groups is 1. The van der Waals surface area contributed by atoms with Crippen LogP contribution in [0.4, 0.5) is 0 Å². The lowest BCUT2D eigenvalue weighted by atomic mass is 9.89. The van der Waals surface area contributed by atoms with Crippen LogP contribution in [-0.4, -0.2) is 35.2 Å². The highest BCUT2D eigenvalue weighted by atomic mass is 16.3. The first kappa shape index (κ1) is 10.9. The van der Waals surface area contributed by atoms with Crippen LogP contribution in [0.25, 0.3) is 0 Å². The van der Waals surface area contributed by atoms with Gasteiger partial charge in [-0.2, -0.15) is 0 Å². The smallest absolute Gasteiger partial charge is 0.240 e. The number of rotatable bonds is 3. The standard InChI is InChI=1S/C11H20N2O2/c1-10(4-2-3-7-12-10)9(15)13-11(8-14)5-6-11/h12,14H,2-8H2,1H3,(H,13,15). The number of hydrogen-bond acceptors (Lipinski definition) is 3. The Hall–Kier alpha value is -0.610. The summed E-state index contributed by atoms with van der Waals surface area (Å²) >= 11 is 0. The number of amides is 1. The first-order valence-electron chi connectivity index (χ1n) is 5.79. The summed E-state index contributed by atoms with van der Waals surface area (Å²) in [5.74, 6) is 0.0498. The summed E-state index contributed by atoms with van der Waals surface area (Å²) in [5.41, 5.74) is -0.720. The van der Waals surface area contributed by atoms with Gasteiger partial charge in [0.1, 0.15) is 0 Å². The van der Waals surface area contributed by atoms with Crippen molar-refractivity contribution >= 4 is 5.91 Å². The summed E-state index contributed by atoms with van der Waals surface area (Å²) in [7, 11) is 0. The highest BCUT2D eigenvalue weighted by molar-refractivity contribution is 5.87. The molecule has 1 saturated heterocycles. The lowest BCUT2D eigenvalue weighted by molar-refractivity contribution is -0.129. The molecule has 1 saturated carbocycles. The van der Waals surface area contributed by atoms with Gasteiger partial charge in [0.15, 0.2) is 0 Å². The molecule has 0 aromatic carbocycles. The van der Waals surface area contributed by atoms with Gasteiger partial charge < -0.3 is 15.7 Å². The summed E-state index contributed by atoms with van der Waals surface area (Å²) < 4.78 is 0. The molecule has 1 aliphatic carbocycles. The molecule has 4 heteroatoms. The molecule has 86 valence electrons. The average molecular weight is 212 g/mol. The van der Waals surface area contributed by atoms with E-state index in [2.05, 4.69) is 10.6 Å². The number of hydrogen-bond donors (Lipinski definition) is 3. The van der Waals surface area contributed by atoms with Crippen LogP contribution in [0.5, 0.6) is 0 Å². The topological polar surface area (TPSA) is 61.4 Å². The molecule has 1 heterocycles. The fraction of sp³-hybridized carbons (Fsp3) is 0.909. The maximum Gasteiger partial charge on any atom is 0.240 e. The predicted molar refractivity (Wildman–Crippen MR) is 57.5 cm³/mol. The minimum Gasteiger partial charge on any atom is -0.394 e. The van der Waals surface area contributed by atoms with E-state index in [1.165, 1.54) is 0 Å². The minimum absolute atomic E-state index is 0.0498. The maximum atomic E-state index is 12.0. The molecule has 0 aromatic rings. The van der Waals surface area contributed by atoms with Crippen LogP contribution < -0.4 is 10.6 Å². The Kier molecular flexibility index (Phi) is 2.73. The van der Waals surface area contributed by atoms with Gasteiger partial charge >= 0.3 is 0 Å². The Labute approximate surface area is 90.4 Å².